The summed E-state index contributed by atoms with van der Waals surface area (Å²) in [4.78, 5) is 8.88. The number of methoxy groups -OCH3 is 1. The van der Waals surface area contributed by atoms with Gasteiger partial charge in [0.05, 0.1) is 23.2 Å². The zero-order chi connectivity index (χ0) is 21.0. The van der Waals surface area contributed by atoms with Crippen molar-refractivity contribution >= 4 is 21.1 Å². The number of benzene rings is 1. The highest BCUT2D eigenvalue weighted by atomic mass is 32.2. The van der Waals surface area contributed by atoms with E-state index >= 15 is 0 Å². The van der Waals surface area contributed by atoms with Crippen molar-refractivity contribution < 1.29 is 13.2 Å². The molecule has 7 nitrogen and oxygen atoms in total. The Kier molecular flexibility index (Phi) is 6.66. The summed E-state index contributed by atoms with van der Waals surface area (Å²) in [5.41, 5.74) is 2.86. The third-order valence-electron chi connectivity index (χ3n) is 4.76. The predicted octanol–water partition coefficient (Wildman–Crippen LogP) is 3.13. The normalized spacial score (nSPS) is 13.3. The highest BCUT2D eigenvalue weighted by Crippen LogP contribution is 2.18. The van der Waals surface area contributed by atoms with Crippen molar-refractivity contribution in [3.05, 3.63) is 54.1 Å². The fraction of sp³-hybridized carbons (Fsp3) is 0.429. The third kappa shape index (κ3) is 5.20. The molecule has 2 heterocycles. The number of imidazole rings is 1. The molecule has 3 rings (SSSR count). The second-order valence-electron chi connectivity index (χ2n) is 7.66. The van der Waals surface area contributed by atoms with Crippen molar-refractivity contribution in [3.8, 4) is 0 Å². The Hall–Kier alpha value is -2.29. The molecule has 1 atom stereocenters. The van der Waals surface area contributed by atoms with Crippen molar-refractivity contribution in [3.63, 3.8) is 0 Å². The van der Waals surface area contributed by atoms with Crippen LogP contribution in [0, 0.1) is 12.8 Å². The van der Waals surface area contributed by atoms with Crippen LogP contribution in [0.3, 0.4) is 0 Å². The molecule has 0 fully saturated rings. The molecule has 0 radical (unpaired) electrons. The van der Waals surface area contributed by atoms with Crippen LogP contribution in [0.2, 0.25) is 0 Å². The fourth-order valence-electron chi connectivity index (χ4n) is 3.47. The van der Waals surface area contributed by atoms with Crippen molar-refractivity contribution in [2.24, 2.45) is 5.92 Å². The molecule has 0 saturated heterocycles. The van der Waals surface area contributed by atoms with Gasteiger partial charge in [-0.25, -0.2) is 18.1 Å². The van der Waals surface area contributed by atoms with E-state index < -0.39 is 10.0 Å². The number of aromatic nitrogens is 3. The van der Waals surface area contributed by atoms with E-state index in [-0.39, 0.29) is 10.9 Å². The molecule has 8 heteroatoms. The first-order valence-electron chi connectivity index (χ1n) is 9.67. The molecule has 0 aliphatic heterocycles. The van der Waals surface area contributed by atoms with Crippen molar-refractivity contribution in [1.82, 2.24) is 19.3 Å². The first-order valence-corrected chi connectivity index (χ1v) is 11.2. The zero-order valence-corrected chi connectivity index (χ0v) is 18.1. The van der Waals surface area contributed by atoms with E-state index in [0.717, 1.165) is 22.4 Å². The van der Waals surface area contributed by atoms with E-state index in [9.17, 15) is 8.42 Å². The van der Waals surface area contributed by atoms with Gasteiger partial charge in [0, 0.05) is 25.9 Å². The molecule has 0 aliphatic carbocycles. The molecule has 0 spiro atoms. The van der Waals surface area contributed by atoms with Gasteiger partial charge >= 0.3 is 0 Å². The number of ether oxygens (including phenoxy) is 1. The summed E-state index contributed by atoms with van der Waals surface area (Å²) >= 11 is 0. The van der Waals surface area contributed by atoms with Crippen LogP contribution in [-0.4, -0.2) is 42.7 Å². The van der Waals surface area contributed by atoms with Gasteiger partial charge in [0.1, 0.15) is 11.3 Å². The molecule has 3 aromatic rings. The van der Waals surface area contributed by atoms with E-state index in [1.54, 1.807) is 31.6 Å². The lowest BCUT2D eigenvalue weighted by molar-refractivity contribution is 0.166. The number of nitrogens with one attached hydrogen (secondary N) is 1. The number of hydrogen-bond acceptors (Lipinski definition) is 5. The van der Waals surface area contributed by atoms with E-state index in [2.05, 4.69) is 33.1 Å². The average molecular weight is 417 g/mol. The van der Waals surface area contributed by atoms with Crippen LogP contribution in [0.15, 0.2) is 47.6 Å². The van der Waals surface area contributed by atoms with Crippen molar-refractivity contribution in [2.45, 2.75) is 44.7 Å². The van der Waals surface area contributed by atoms with Crippen LogP contribution in [-0.2, 0) is 21.3 Å². The molecule has 2 aromatic heterocycles. The first kappa shape index (κ1) is 21.4. The molecule has 1 aromatic carbocycles. The SMILES string of the molecule is COCC(CC(C)C)NS(=O)(=O)c1ccc(Cn2c(C)nc3cnccc32)cc1. The molecule has 0 bridgehead atoms. The minimum atomic E-state index is -3.61. The number of pyridine rings is 1. The molecule has 0 aliphatic rings. The maximum Gasteiger partial charge on any atom is 0.240 e. The summed E-state index contributed by atoms with van der Waals surface area (Å²) in [6, 6.07) is 8.66. The molecule has 1 N–H and O–H groups in total. The summed E-state index contributed by atoms with van der Waals surface area (Å²) in [6.07, 6.45) is 4.20. The van der Waals surface area contributed by atoms with Gasteiger partial charge in [-0.3, -0.25) is 4.98 Å². The Morgan fingerprint density at radius 3 is 2.55 bits per heavy atom. The second-order valence-corrected chi connectivity index (χ2v) is 9.37. The third-order valence-corrected chi connectivity index (χ3v) is 6.30. The highest BCUT2D eigenvalue weighted by molar-refractivity contribution is 7.89. The standard InChI is InChI=1S/C21H28N4O3S/c1-15(2)11-18(14-28-4)24-29(26,27)19-7-5-17(6-8-19)13-25-16(3)23-20-12-22-10-9-21(20)25/h5-10,12,15,18,24H,11,13-14H2,1-4H3. The van der Waals surface area contributed by atoms with Gasteiger partial charge in [0.15, 0.2) is 0 Å². The minimum absolute atomic E-state index is 0.252. The number of fused-ring (bicyclic) bond motifs is 1. The maximum atomic E-state index is 12.8. The van der Waals surface area contributed by atoms with Crippen LogP contribution < -0.4 is 4.72 Å². The Morgan fingerprint density at radius 1 is 1.17 bits per heavy atom. The lowest BCUT2D eigenvalue weighted by Crippen LogP contribution is -2.38. The smallest absolute Gasteiger partial charge is 0.240 e. The lowest BCUT2D eigenvalue weighted by Gasteiger charge is -2.20. The number of rotatable bonds is 9. The number of nitrogens with zero attached hydrogens (tertiary/aromatic N) is 3. The van der Waals surface area contributed by atoms with Crippen molar-refractivity contribution in [2.75, 3.05) is 13.7 Å². The van der Waals surface area contributed by atoms with Gasteiger partial charge in [-0.05, 0) is 43.0 Å². The van der Waals surface area contributed by atoms with Crippen LogP contribution in [0.5, 0.6) is 0 Å². The molecular formula is C21H28N4O3S. The summed E-state index contributed by atoms with van der Waals surface area (Å²) < 4.78 is 35.6. The van der Waals surface area contributed by atoms with Gasteiger partial charge in [0.25, 0.3) is 0 Å². The highest BCUT2D eigenvalue weighted by Gasteiger charge is 2.21. The van der Waals surface area contributed by atoms with E-state index in [0.29, 0.717) is 25.5 Å². The molecule has 0 amide bonds. The van der Waals surface area contributed by atoms with Gasteiger partial charge in [0.2, 0.25) is 10.0 Å². The lowest BCUT2D eigenvalue weighted by atomic mass is 10.1. The Morgan fingerprint density at radius 2 is 1.90 bits per heavy atom. The van der Waals surface area contributed by atoms with Crippen LogP contribution in [0.1, 0.15) is 31.7 Å². The van der Waals surface area contributed by atoms with E-state index in [4.69, 9.17) is 4.74 Å². The molecule has 0 saturated carbocycles. The summed E-state index contributed by atoms with van der Waals surface area (Å²) in [5.74, 6) is 1.26. The molecule has 29 heavy (non-hydrogen) atoms. The summed E-state index contributed by atoms with van der Waals surface area (Å²) in [6.45, 7) is 7.03. The number of sulfonamides is 1. The summed E-state index contributed by atoms with van der Waals surface area (Å²) in [5, 5.41) is 0. The largest absolute Gasteiger partial charge is 0.383 e. The average Bonchev–Trinajstić information content (AvgIpc) is 2.97. The summed E-state index contributed by atoms with van der Waals surface area (Å²) in [7, 11) is -2.03. The van der Waals surface area contributed by atoms with Gasteiger partial charge < -0.3 is 9.30 Å². The first-order chi connectivity index (χ1) is 13.8. The Labute approximate surface area is 172 Å². The van der Waals surface area contributed by atoms with Crippen LogP contribution in [0.25, 0.3) is 11.0 Å². The monoisotopic (exact) mass is 416 g/mol. The zero-order valence-electron chi connectivity index (χ0n) is 17.3. The number of aryl methyl sites for hydroxylation is 1. The molecular weight excluding hydrogens is 388 g/mol. The topological polar surface area (TPSA) is 86.1 Å². The Bertz CT molecular complexity index is 1060. The maximum absolute atomic E-state index is 12.8. The molecule has 1 unspecified atom stereocenters. The Balaban J connectivity index is 1.77. The second kappa shape index (κ2) is 9.02. The van der Waals surface area contributed by atoms with E-state index in [1.165, 1.54) is 0 Å². The quantitative estimate of drug-likeness (QED) is 0.579. The van der Waals surface area contributed by atoms with Crippen molar-refractivity contribution in [1.29, 1.82) is 0 Å². The van der Waals surface area contributed by atoms with Crippen LogP contribution in [0.4, 0.5) is 0 Å². The van der Waals surface area contributed by atoms with Gasteiger partial charge in [-0.1, -0.05) is 26.0 Å². The van der Waals surface area contributed by atoms with Gasteiger partial charge in [-0.2, -0.15) is 0 Å². The van der Waals surface area contributed by atoms with Gasteiger partial charge in [-0.15, -0.1) is 0 Å². The predicted molar refractivity (Wildman–Crippen MR) is 113 cm³/mol. The van der Waals surface area contributed by atoms with E-state index in [1.807, 2.05) is 25.1 Å². The fourth-order valence-corrected chi connectivity index (χ4v) is 4.70. The van der Waals surface area contributed by atoms with Crippen LogP contribution >= 0.6 is 0 Å². The minimum Gasteiger partial charge on any atom is -0.383 e. The number of hydrogen-bond donors (Lipinski definition) is 1. The molecule has 156 valence electrons.